The molecular weight excluding hydrogens is 360 g/mol. The highest BCUT2D eigenvalue weighted by atomic mass is 35.5. The van der Waals surface area contributed by atoms with E-state index in [4.69, 9.17) is 11.6 Å². The molecule has 1 aromatic heterocycles. The third-order valence-electron chi connectivity index (χ3n) is 5.13. The number of rotatable bonds is 5. The average Bonchev–Trinajstić information content (AvgIpc) is 3.02. The SMILES string of the molecule is CN(CC1(O)CCN(Cc2ccccc2)C1)c1ncnc2cc(Cl)ccc12. The van der Waals surface area contributed by atoms with E-state index in [0.717, 1.165) is 36.2 Å². The van der Waals surface area contributed by atoms with Crippen LogP contribution in [0.5, 0.6) is 0 Å². The number of aliphatic hydroxyl groups is 1. The van der Waals surface area contributed by atoms with Gasteiger partial charge in [0.25, 0.3) is 0 Å². The summed E-state index contributed by atoms with van der Waals surface area (Å²) in [5.74, 6) is 0.812. The minimum atomic E-state index is -0.757. The Morgan fingerprint density at radius 1 is 1.19 bits per heavy atom. The van der Waals surface area contributed by atoms with Gasteiger partial charge >= 0.3 is 0 Å². The normalized spacial score (nSPS) is 20.3. The zero-order valence-electron chi connectivity index (χ0n) is 15.3. The number of hydrogen-bond donors (Lipinski definition) is 1. The van der Waals surface area contributed by atoms with Gasteiger partial charge in [0.1, 0.15) is 12.1 Å². The summed E-state index contributed by atoms with van der Waals surface area (Å²) in [6.45, 7) is 2.93. The van der Waals surface area contributed by atoms with E-state index in [1.807, 2.05) is 36.2 Å². The van der Waals surface area contributed by atoms with Crippen LogP contribution in [0.15, 0.2) is 54.9 Å². The molecule has 2 aromatic carbocycles. The molecule has 0 bridgehead atoms. The summed E-state index contributed by atoms with van der Waals surface area (Å²) in [5.41, 5.74) is 1.32. The molecule has 0 amide bonds. The van der Waals surface area contributed by atoms with E-state index in [0.29, 0.717) is 18.1 Å². The summed E-state index contributed by atoms with van der Waals surface area (Å²) in [5, 5.41) is 12.7. The molecule has 6 heteroatoms. The van der Waals surface area contributed by atoms with Crippen molar-refractivity contribution in [3.05, 3.63) is 65.4 Å². The van der Waals surface area contributed by atoms with Gasteiger partial charge < -0.3 is 10.0 Å². The fourth-order valence-electron chi connectivity index (χ4n) is 3.88. The topological polar surface area (TPSA) is 52.5 Å². The molecule has 27 heavy (non-hydrogen) atoms. The van der Waals surface area contributed by atoms with Gasteiger partial charge in [-0.25, -0.2) is 9.97 Å². The first kappa shape index (κ1) is 18.2. The van der Waals surface area contributed by atoms with Crippen molar-refractivity contribution in [1.29, 1.82) is 0 Å². The highest BCUT2D eigenvalue weighted by Crippen LogP contribution is 2.29. The van der Waals surface area contributed by atoms with Gasteiger partial charge in [0.15, 0.2) is 0 Å². The monoisotopic (exact) mass is 382 g/mol. The second-order valence-electron chi connectivity index (χ2n) is 7.39. The van der Waals surface area contributed by atoms with Crippen molar-refractivity contribution in [2.75, 3.05) is 31.6 Å². The number of nitrogens with zero attached hydrogens (tertiary/aromatic N) is 4. The molecule has 5 nitrogen and oxygen atoms in total. The molecule has 0 aliphatic carbocycles. The van der Waals surface area contributed by atoms with Crippen LogP contribution in [0.3, 0.4) is 0 Å². The van der Waals surface area contributed by atoms with Gasteiger partial charge in [-0.15, -0.1) is 0 Å². The molecule has 1 aliphatic rings. The van der Waals surface area contributed by atoms with E-state index < -0.39 is 5.60 Å². The predicted octanol–water partition coefficient (Wildman–Crippen LogP) is 3.36. The van der Waals surface area contributed by atoms with Crippen molar-refractivity contribution in [3.63, 3.8) is 0 Å². The Balaban J connectivity index is 1.47. The largest absolute Gasteiger partial charge is 0.387 e. The van der Waals surface area contributed by atoms with Crippen LogP contribution < -0.4 is 4.90 Å². The molecule has 0 spiro atoms. The zero-order valence-corrected chi connectivity index (χ0v) is 16.1. The quantitative estimate of drug-likeness (QED) is 0.733. The Kier molecular flexibility index (Phi) is 5.00. The lowest BCUT2D eigenvalue weighted by Gasteiger charge is -2.30. The van der Waals surface area contributed by atoms with Crippen LogP contribution in [0, 0.1) is 0 Å². The average molecular weight is 383 g/mol. The van der Waals surface area contributed by atoms with Crippen LogP contribution in [0.2, 0.25) is 5.02 Å². The summed E-state index contributed by atoms with van der Waals surface area (Å²) in [6, 6.07) is 16.0. The molecule has 1 saturated heterocycles. The molecule has 0 radical (unpaired) electrons. The predicted molar refractivity (Wildman–Crippen MR) is 109 cm³/mol. The first-order chi connectivity index (χ1) is 13.0. The third-order valence-corrected chi connectivity index (χ3v) is 5.37. The van der Waals surface area contributed by atoms with Crippen LogP contribution in [0.1, 0.15) is 12.0 Å². The minimum absolute atomic E-state index is 0.521. The fourth-order valence-corrected chi connectivity index (χ4v) is 4.05. The maximum atomic E-state index is 11.1. The molecule has 1 atom stereocenters. The van der Waals surface area contributed by atoms with Crippen molar-refractivity contribution < 1.29 is 5.11 Å². The van der Waals surface area contributed by atoms with E-state index >= 15 is 0 Å². The summed E-state index contributed by atoms with van der Waals surface area (Å²) >= 11 is 6.07. The number of halogens is 1. The second kappa shape index (κ2) is 7.43. The standard InChI is InChI=1S/C21H23ClN4O/c1-25(20-18-8-7-17(22)11-19(18)23-15-24-20)13-21(27)9-10-26(14-21)12-16-5-3-2-4-6-16/h2-8,11,15,27H,9-10,12-14H2,1H3. The van der Waals surface area contributed by atoms with Gasteiger partial charge in [-0.3, -0.25) is 4.90 Å². The number of benzene rings is 2. The molecule has 3 aromatic rings. The van der Waals surface area contributed by atoms with Crippen LogP contribution in [0.4, 0.5) is 5.82 Å². The zero-order chi connectivity index (χ0) is 18.9. The van der Waals surface area contributed by atoms with E-state index in [1.54, 1.807) is 6.33 Å². The van der Waals surface area contributed by atoms with Gasteiger partial charge in [0, 0.05) is 43.6 Å². The maximum absolute atomic E-state index is 11.1. The molecule has 1 unspecified atom stereocenters. The Bertz CT molecular complexity index is 936. The molecule has 140 valence electrons. The Morgan fingerprint density at radius 3 is 2.81 bits per heavy atom. The van der Waals surface area contributed by atoms with Gasteiger partial charge in [-0.1, -0.05) is 41.9 Å². The molecule has 2 heterocycles. The lowest BCUT2D eigenvalue weighted by Crippen LogP contribution is -2.44. The number of hydrogen-bond acceptors (Lipinski definition) is 5. The fraction of sp³-hybridized carbons (Fsp3) is 0.333. The number of anilines is 1. The Morgan fingerprint density at radius 2 is 2.00 bits per heavy atom. The van der Waals surface area contributed by atoms with Crippen LogP contribution in [0.25, 0.3) is 10.9 Å². The number of β-amino-alcohol motifs (C(OH)–C–C–N with tert-alkyl or cyclic N) is 1. The summed E-state index contributed by atoms with van der Waals surface area (Å²) in [4.78, 5) is 13.1. The lowest BCUT2D eigenvalue weighted by molar-refractivity contribution is 0.0561. The van der Waals surface area contributed by atoms with Crippen molar-refractivity contribution in [2.45, 2.75) is 18.6 Å². The lowest BCUT2D eigenvalue weighted by atomic mass is 10.0. The highest BCUT2D eigenvalue weighted by molar-refractivity contribution is 6.31. The van der Waals surface area contributed by atoms with Gasteiger partial charge in [-0.05, 0) is 30.2 Å². The first-order valence-electron chi connectivity index (χ1n) is 9.12. The van der Waals surface area contributed by atoms with Crippen molar-refractivity contribution in [3.8, 4) is 0 Å². The molecule has 1 aliphatic heterocycles. The minimum Gasteiger partial charge on any atom is -0.387 e. The second-order valence-corrected chi connectivity index (χ2v) is 7.82. The van der Waals surface area contributed by atoms with Crippen LogP contribution >= 0.6 is 11.6 Å². The van der Waals surface area contributed by atoms with E-state index in [1.165, 1.54) is 5.56 Å². The number of likely N-dealkylation sites (N-methyl/N-ethyl adjacent to an activating group) is 1. The van der Waals surface area contributed by atoms with Gasteiger partial charge in [0.2, 0.25) is 0 Å². The van der Waals surface area contributed by atoms with Crippen molar-refractivity contribution in [2.24, 2.45) is 0 Å². The smallest absolute Gasteiger partial charge is 0.139 e. The molecule has 0 saturated carbocycles. The summed E-state index contributed by atoms with van der Waals surface area (Å²) in [6.07, 6.45) is 2.30. The molecular formula is C21H23ClN4O. The van der Waals surface area contributed by atoms with Gasteiger partial charge in [-0.2, -0.15) is 0 Å². The van der Waals surface area contributed by atoms with Gasteiger partial charge in [0.05, 0.1) is 11.1 Å². The number of aromatic nitrogens is 2. The van der Waals surface area contributed by atoms with Crippen molar-refractivity contribution >= 4 is 28.3 Å². The van der Waals surface area contributed by atoms with Crippen LogP contribution in [-0.2, 0) is 6.54 Å². The van der Waals surface area contributed by atoms with Crippen LogP contribution in [-0.4, -0.2) is 52.3 Å². The number of fused-ring (bicyclic) bond motifs is 1. The highest BCUT2D eigenvalue weighted by Gasteiger charge is 2.37. The Hall–Kier alpha value is -2.21. The van der Waals surface area contributed by atoms with E-state index in [-0.39, 0.29) is 0 Å². The summed E-state index contributed by atoms with van der Waals surface area (Å²) in [7, 11) is 1.97. The molecule has 1 N–H and O–H groups in total. The first-order valence-corrected chi connectivity index (χ1v) is 9.50. The van der Waals surface area contributed by atoms with E-state index in [9.17, 15) is 5.11 Å². The summed E-state index contributed by atoms with van der Waals surface area (Å²) < 4.78 is 0. The molecule has 1 fully saturated rings. The maximum Gasteiger partial charge on any atom is 0.139 e. The number of likely N-dealkylation sites (tertiary alicyclic amines) is 1. The van der Waals surface area contributed by atoms with Crippen molar-refractivity contribution in [1.82, 2.24) is 14.9 Å². The Labute approximate surface area is 164 Å². The third kappa shape index (κ3) is 4.05. The molecule has 4 rings (SSSR count). The van der Waals surface area contributed by atoms with E-state index in [2.05, 4.69) is 39.1 Å².